The van der Waals surface area contributed by atoms with E-state index in [4.69, 9.17) is 5.73 Å². The summed E-state index contributed by atoms with van der Waals surface area (Å²) in [5.74, 6) is 0.616. The molecule has 1 heterocycles. The zero-order valence-electron chi connectivity index (χ0n) is 9.83. The lowest BCUT2D eigenvalue weighted by molar-refractivity contribution is 0.151. The van der Waals surface area contributed by atoms with Crippen LogP contribution in [0.25, 0.3) is 0 Å². The van der Waals surface area contributed by atoms with Crippen LogP contribution in [0.2, 0.25) is 0 Å². The maximum absolute atomic E-state index is 6.40. The summed E-state index contributed by atoms with van der Waals surface area (Å²) in [5, 5.41) is 0. The predicted molar refractivity (Wildman–Crippen MR) is 62.4 cm³/mol. The maximum atomic E-state index is 6.40. The Labute approximate surface area is 91.9 Å². The third-order valence-corrected chi connectivity index (χ3v) is 4.23. The molecule has 0 saturated heterocycles. The normalized spacial score (nSPS) is 29.5. The molecule has 0 aromatic carbocycles. The van der Waals surface area contributed by atoms with Crippen LogP contribution in [0.1, 0.15) is 44.4 Å². The highest BCUT2D eigenvalue weighted by molar-refractivity contribution is 5.35. The highest BCUT2D eigenvalue weighted by Gasteiger charge is 2.44. The minimum Gasteiger partial charge on any atom is -0.323 e. The summed E-state index contributed by atoms with van der Waals surface area (Å²) in [4.78, 5) is 4.19. The molecule has 15 heavy (non-hydrogen) atoms. The fourth-order valence-corrected chi connectivity index (χ4v) is 2.97. The van der Waals surface area contributed by atoms with E-state index in [9.17, 15) is 0 Å². The van der Waals surface area contributed by atoms with Crippen LogP contribution in [0.4, 0.5) is 0 Å². The topological polar surface area (TPSA) is 38.9 Å². The third kappa shape index (κ3) is 1.39. The van der Waals surface area contributed by atoms with Crippen molar-refractivity contribution in [3.05, 3.63) is 29.6 Å². The van der Waals surface area contributed by atoms with Crippen LogP contribution < -0.4 is 5.73 Å². The molecule has 0 aliphatic heterocycles. The number of hydrogen-bond donors (Lipinski definition) is 1. The van der Waals surface area contributed by atoms with Gasteiger partial charge in [-0.3, -0.25) is 4.98 Å². The minimum atomic E-state index is 0.159. The quantitative estimate of drug-likeness (QED) is 0.804. The number of hydrogen-bond acceptors (Lipinski definition) is 2. The molecule has 1 aliphatic carbocycles. The van der Waals surface area contributed by atoms with Gasteiger partial charge in [-0.1, -0.05) is 20.8 Å². The summed E-state index contributed by atoms with van der Waals surface area (Å²) < 4.78 is 0. The van der Waals surface area contributed by atoms with E-state index >= 15 is 0 Å². The van der Waals surface area contributed by atoms with E-state index in [0.717, 1.165) is 12.8 Å². The number of fused-ring (bicyclic) bond motifs is 1. The van der Waals surface area contributed by atoms with Gasteiger partial charge in [0, 0.05) is 18.4 Å². The standard InChI is InChI=1S/C13H20N2/c1-4-13(9(2)3)7-10-5-6-15-8-11(10)12(13)14/h5-6,8-9,12H,4,7,14H2,1-3H3/t12-,13?/m1/s1. The van der Waals surface area contributed by atoms with Crippen LogP contribution in [0.5, 0.6) is 0 Å². The van der Waals surface area contributed by atoms with Crippen molar-refractivity contribution in [2.24, 2.45) is 17.1 Å². The van der Waals surface area contributed by atoms with Crippen LogP contribution in [-0.4, -0.2) is 4.98 Å². The van der Waals surface area contributed by atoms with E-state index in [1.54, 1.807) is 0 Å². The van der Waals surface area contributed by atoms with E-state index in [1.807, 2.05) is 12.4 Å². The van der Waals surface area contributed by atoms with Gasteiger partial charge in [0.05, 0.1) is 0 Å². The summed E-state index contributed by atoms with van der Waals surface area (Å²) in [6.07, 6.45) is 6.07. The summed E-state index contributed by atoms with van der Waals surface area (Å²) in [6.45, 7) is 6.81. The van der Waals surface area contributed by atoms with E-state index < -0.39 is 0 Å². The molecule has 1 aromatic rings. The van der Waals surface area contributed by atoms with Crippen molar-refractivity contribution in [1.29, 1.82) is 0 Å². The molecule has 0 saturated carbocycles. The second-order valence-electron chi connectivity index (χ2n) is 4.97. The Bertz CT molecular complexity index is 359. The summed E-state index contributed by atoms with van der Waals surface area (Å²) in [5.41, 5.74) is 9.29. The van der Waals surface area contributed by atoms with E-state index in [2.05, 4.69) is 31.8 Å². The largest absolute Gasteiger partial charge is 0.323 e. The van der Waals surface area contributed by atoms with Crippen LogP contribution >= 0.6 is 0 Å². The van der Waals surface area contributed by atoms with Gasteiger partial charge in [0.15, 0.2) is 0 Å². The highest BCUT2D eigenvalue weighted by atomic mass is 14.8. The predicted octanol–water partition coefficient (Wildman–Crippen LogP) is 2.69. The summed E-state index contributed by atoms with van der Waals surface area (Å²) in [7, 11) is 0. The first-order valence-electron chi connectivity index (χ1n) is 5.80. The SMILES string of the molecule is CCC1(C(C)C)Cc2ccncc2[C@H]1N. The lowest BCUT2D eigenvalue weighted by atomic mass is 9.70. The Morgan fingerprint density at radius 2 is 2.33 bits per heavy atom. The first-order chi connectivity index (χ1) is 7.12. The number of nitrogens with zero attached hydrogens (tertiary/aromatic N) is 1. The maximum Gasteiger partial charge on any atom is 0.0375 e. The van der Waals surface area contributed by atoms with Crippen molar-refractivity contribution in [3.8, 4) is 0 Å². The van der Waals surface area contributed by atoms with Crippen LogP contribution in [0.15, 0.2) is 18.5 Å². The van der Waals surface area contributed by atoms with Gasteiger partial charge in [-0.25, -0.2) is 0 Å². The fourth-order valence-electron chi connectivity index (χ4n) is 2.97. The van der Waals surface area contributed by atoms with Gasteiger partial charge in [0.2, 0.25) is 0 Å². The Kier molecular flexibility index (Phi) is 2.55. The van der Waals surface area contributed by atoms with Gasteiger partial charge in [-0.15, -0.1) is 0 Å². The molecule has 0 amide bonds. The van der Waals surface area contributed by atoms with Gasteiger partial charge in [0.25, 0.3) is 0 Å². The van der Waals surface area contributed by atoms with E-state index in [1.165, 1.54) is 11.1 Å². The number of aromatic nitrogens is 1. The van der Waals surface area contributed by atoms with Gasteiger partial charge < -0.3 is 5.73 Å². The third-order valence-electron chi connectivity index (χ3n) is 4.23. The number of nitrogens with two attached hydrogens (primary N) is 1. The first-order valence-corrected chi connectivity index (χ1v) is 5.80. The van der Waals surface area contributed by atoms with E-state index in [-0.39, 0.29) is 11.5 Å². The molecule has 2 nitrogen and oxygen atoms in total. The average molecular weight is 204 g/mol. The minimum absolute atomic E-state index is 0.159. The molecule has 2 N–H and O–H groups in total. The molecular weight excluding hydrogens is 184 g/mol. The molecule has 2 rings (SSSR count). The molecule has 1 aromatic heterocycles. The Morgan fingerprint density at radius 3 is 2.87 bits per heavy atom. The summed E-state index contributed by atoms with van der Waals surface area (Å²) in [6, 6.07) is 2.28. The molecule has 0 radical (unpaired) electrons. The van der Waals surface area contributed by atoms with Crippen molar-refractivity contribution < 1.29 is 0 Å². The van der Waals surface area contributed by atoms with Gasteiger partial charge in [-0.2, -0.15) is 0 Å². The molecule has 2 heteroatoms. The molecule has 82 valence electrons. The average Bonchev–Trinajstić information content (AvgIpc) is 2.53. The van der Waals surface area contributed by atoms with Gasteiger partial charge >= 0.3 is 0 Å². The highest BCUT2D eigenvalue weighted by Crippen LogP contribution is 2.50. The van der Waals surface area contributed by atoms with Gasteiger partial charge in [0.1, 0.15) is 0 Å². The molecule has 2 atom stereocenters. The monoisotopic (exact) mass is 204 g/mol. The van der Waals surface area contributed by atoms with Crippen LogP contribution in [-0.2, 0) is 6.42 Å². The van der Waals surface area contributed by atoms with Crippen LogP contribution in [0, 0.1) is 11.3 Å². The van der Waals surface area contributed by atoms with E-state index in [0.29, 0.717) is 5.92 Å². The van der Waals surface area contributed by atoms with Crippen molar-refractivity contribution in [3.63, 3.8) is 0 Å². The Hall–Kier alpha value is -0.890. The number of rotatable bonds is 2. The second-order valence-corrected chi connectivity index (χ2v) is 4.97. The van der Waals surface area contributed by atoms with Gasteiger partial charge in [-0.05, 0) is 41.4 Å². The van der Waals surface area contributed by atoms with Crippen molar-refractivity contribution in [2.75, 3.05) is 0 Å². The molecule has 1 aliphatic rings. The van der Waals surface area contributed by atoms with Crippen molar-refractivity contribution in [1.82, 2.24) is 4.98 Å². The molecular formula is C13H20N2. The van der Waals surface area contributed by atoms with Crippen molar-refractivity contribution >= 4 is 0 Å². The Morgan fingerprint density at radius 1 is 1.60 bits per heavy atom. The first kappa shape index (κ1) is 10.6. The molecule has 0 spiro atoms. The summed E-state index contributed by atoms with van der Waals surface area (Å²) >= 11 is 0. The van der Waals surface area contributed by atoms with Crippen molar-refractivity contribution in [2.45, 2.75) is 39.7 Å². The van der Waals surface area contributed by atoms with Crippen LogP contribution in [0.3, 0.4) is 0 Å². The molecule has 0 bridgehead atoms. The fraction of sp³-hybridized carbons (Fsp3) is 0.615. The zero-order chi connectivity index (χ0) is 11.1. The molecule has 1 unspecified atom stereocenters. The molecule has 0 fully saturated rings. The second kappa shape index (κ2) is 3.60. The lowest BCUT2D eigenvalue weighted by Gasteiger charge is -2.37. The smallest absolute Gasteiger partial charge is 0.0375 e. The number of pyridine rings is 1. The lowest BCUT2D eigenvalue weighted by Crippen LogP contribution is -2.35. The Balaban J connectivity index is 2.44. The zero-order valence-corrected chi connectivity index (χ0v) is 9.83.